The Hall–Kier alpha value is -3.14. The monoisotopic (exact) mass is 484 g/mol. The van der Waals surface area contributed by atoms with E-state index in [9.17, 15) is 0 Å². The van der Waals surface area contributed by atoms with Crippen molar-refractivity contribution in [1.82, 2.24) is 0 Å². The Bertz CT molecular complexity index is 1470. The molecule has 4 aromatic rings. The molecule has 3 heteroatoms. The summed E-state index contributed by atoms with van der Waals surface area (Å²) in [4.78, 5) is 0. The molecule has 2 nitrogen and oxygen atoms in total. The van der Waals surface area contributed by atoms with Crippen LogP contribution in [0.1, 0.15) is 63.5 Å². The van der Waals surface area contributed by atoms with Crippen molar-refractivity contribution < 1.29 is 9.31 Å². The van der Waals surface area contributed by atoms with Crippen LogP contribution in [0.25, 0.3) is 33.4 Å². The topological polar surface area (TPSA) is 18.5 Å². The fourth-order valence-electron chi connectivity index (χ4n) is 6.40. The highest BCUT2D eigenvalue weighted by atomic mass is 16.7. The van der Waals surface area contributed by atoms with Gasteiger partial charge in [-0.15, -0.1) is 0 Å². The lowest BCUT2D eigenvalue weighted by atomic mass is 9.58. The Morgan fingerprint density at radius 3 is 1.81 bits per heavy atom. The molecule has 1 saturated carbocycles. The van der Waals surface area contributed by atoms with Crippen molar-refractivity contribution in [2.45, 2.75) is 63.6 Å². The summed E-state index contributed by atoms with van der Waals surface area (Å²) in [5, 5.41) is 0. The predicted molar refractivity (Wildman–Crippen MR) is 153 cm³/mol. The quantitative estimate of drug-likeness (QED) is 0.275. The minimum atomic E-state index is -0.358. The summed E-state index contributed by atoms with van der Waals surface area (Å²) in [6.45, 7) is 8.49. The van der Waals surface area contributed by atoms with Crippen molar-refractivity contribution >= 4 is 12.6 Å². The molecular weight excluding hydrogens is 451 g/mol. The van der Waals surface area contributed by atoms with E-state index in [1.165, 1.54) is 57.3 Å². The van der Waals surface area contributed by atoms with Gasteiger partial charge in [-0.2, -0.15) is 0 Å². The Balaban J connectivity index is 1.44. The number of hydrogen-bond acceptors (Lipinski definition) is 2. The van der Waals surface area contributed by atoms with Crippen LogP contribution in [0, 0.1) is 0 Å². The third-order valence-electron chi connectivity index (χ3n) is 9.31. The normalized spacial score (nSPS) is 22.5. The highest BCUT2D eigenvalue weighted by Crippen LogP contribution is 2.59. The van der Waals surface area contributed by atoms with Crippen molar-refractivity contribution in [1.29, 1.82) is 0 Å². The first kappa shape index (κ1) is 23.0. The van der Waals surface area contributed by atoms with Gasteiger partial charge < -0.3 is 9.31 Å². The van der Waals surface area contributed by atoms with Gasteiger partial charge in [-0.3, -0.25) is 0 Å². The molecule has 1 aliphatic heterocycles. The molecule has 1 heterocycles. The second-order valence-corrected chi connectivity index (χ2v) is 11.9. The summed E-state index contributed by atoms with van der Waals surface area (Å²) in [6, 6.07) is 33.5. The van der Waals surface area contributed by atoms with Gasteiger partial charge in [-0.1, -0.05) is 78.9 Å². The van der Waals surface area contributed by atoms with Gasteiger partial charge in [0, 0.05) is 0 Å². The molecule has 2 fully saturated rings. The van der Waals surface area contributed by atoms with Crippen LogP contribution in [-0.4, -0.2) is 18.3 Å². The largest absolute Gasteiger partial charge is 0.494 e. The van der Waals surface area contributed by atoms with Crippen LogP contribution in [-0.2, 0) is 9.31 Å². The summed E-state index contributed by atoms with van der Waals surface area (Å²) in [6.07, 6.45) is 2.50. The molecule has 2 aliphatic carbocycles. The minimum Gasteiger partial charge on any atom is -0.399 e. The van der Waals surface area contributed by atoms with E-state index in [2.05, 4.69) is 119 Å². The maximum absolute atomic E-state index is 6.45. The number of fused-ring (bicyclic) bond motifs is 6. The SMILES string of the molecule is CC1(C)OB(c2ccc3c(c2)-c2cc(-c4ccccc4)cc(-c4ccccc4)c2C2CCC32)OC1(C)C. The maximum atomic E-state index is 6.45. The van der Waals surface area contributed by atoms with Crippen LogP contribution in [0.4, 0.5) is 0 Å². The smallest absolute Gasteiger partial charge is 0.399 e. The van der Waals surface area contributed by atoms with Crippen molar-refractivity contribution in [2.24, 2.45) is 0 Å². The first-order valence-electron chi connectivity index (χ1n) is 13.6. The van der Waals surface area contributed by atoms with E-state index in [1.54, 1.807) is 0 Å². The lowest BCUT2D eigenvalue weighted by Crippen LogP contribution is -2.41. The van der Waals surface area contributed by atoms with Crippen LogP contribution in [0.5, 0.6) is 0 Å². The van der Waals surface area contributed by atoms with Gasteiger partial charge in [-0.25, -0.2) is 0 Å². The molecule has 7 rings (SSSR count). The molecule has 3 aliphatic rings. The van der Waals surface area contributed by atoms with Gasteiger partial charge >= 0.3 is 7.12 Å². The van der Waals surface area contributed by atoms with Crippen molar-refractivity contribution in [3.05, 3.63) is 102 Å². The van der Waals surface area contributed by atoms with Crippen molar-refractivity contribution in [2.75, 3.05) is 0 Å². The fraction of sp³-hybridized carbons (Fsp3) is 0.294. The lowest BCUT2D eigenvalue weighted by Gasteiger charge is -2.45. The number of rotatable bonds is 3. The van der Waals surface area contributed by atoms with Crippen LogP contribution in [0.3, 0.4) is 0 Å². The van der Waals surface area contributed by atoms with Crippen LogP contribution >= 0.6 is 0 Å². The van der Waals surface area contributed by atoms with Crippen molar-refractivity contribution in [3.63, 3.8) is 0 Å². The maximum Gasteiger partial charge on any atom is 0.494 e. The molecule has 0 spiro atoms. The molecule has 0 bridgehead atoms. The number of benzene rings is 4. The van der Waals surface area contributed by atoms with Crippen LogP contribution < -0.4 is 5.46 Å². The third-order valence-corrected chi connectivity index (χ3v) is 9.31. The van der Waals surface area contributed by atoms with Gasteiger partial charge in [0.2, 0.25) is 0 Å². The minimum absolute atomic E-state index is 0.356. The second kappa shape index (κ2) is 8.18. The third kappa shape index (κ3) is 3.55. The van der Waals surface area contributed by atoms with E-state index in [0.29, 0.717) is 11.8 Å². The molecule has 2 unspecified atom stereocenters. The molecule has 0 aromatic heterocycles. The molecule has 1 saturated heterocycles. The van der Waals surface area contributed by atoms with Gasteiger partial charge in [0.25, 0.3) is 0 Å². The Morgan fingerprint density at radius 1 is 0.595 bits per heavy atom. The first-order valence-corrected chi connectivity index (χ1v) is 13.6. The van der Waals surface area contributed by atoms with E-state index in [0.717, 1.165) is 5.46 Å². The molecule has 2 atom stereocenters. The number of hydrogen-bond donors (Lipinski definition) is 0. The summed E-state index contributed by atoms with van der Waals surface area (Å²) in [7, 11) is -0.358. The predicted octanol–water partition coefficient (Wildman–Crippen LogP) is 7.96. The Labute approximate surface area is 220 Å². The highest BCUT2D eigenvalue weighted by molar-refractivity contribution is 6.62. The zero-order valence-corrected chi connectivity index (χ0v) is 22.1. The average Bonchev–Trinajstić information content (AvgIpc) is 3.11. The fourth-order valence-corrected chi connectivity index (χ4v) is 6.40. The molecule has 184 valence electrons. The highest BCUT2D eigenvalue weighted by Gasteiger charge is 2.52. The zero-order chi connectivity index (χ0) is 25.4. The molecule has 0 N–H and O–H groups in total. The summed E-state index contributed by atoms with van der Waals surface area (Å²) >= 11 is 0. The summed E-state index contributed by atoms with van der Waals surface area (Å²) in [5.41, 5.74) is 11.3. The van der Waals surface area contributed by atoms with E-state index < -0.39 is 0 Å². The van der Waals surface area contributed by atoms with Crippen LogP contribution in [0.15, 0.2) is 91.0 Å². The Morgan fingerprint density at radius 2 is 1.19 bits per heavy atom. The second-order valence-electron chi connectivity index (χ2n) is 11.9. The van der Waals surface area contributed by atoms with E-state index in [-0.39, 0.29) is 18.3 Å². The Kier molecular flexibility index (Phi) is 5.09. The molecule has 4 aromatic carbocycles. The summed E-state index contributed by atoms with van der Waals surface area (Å²) in [5.74, 6) is 1.16. The standard InChI is InChI=1S/C34H33BO2/c1-33(2)34(3,4)37-35(36-33)25-15-16-27-26-17-18-28(26)32-29(23-13-9-6-10-14-23)19-24(20-31(32)30(27)21-25)22-11-7-5-8-12-22/h5-16,19-21,26,28H,17-18H2,1-4H3. The molecule has 37 heavy (non-hydrogen) atoms. The van der Waals surface area contributed by atoms with Gasteiger partial charge in [0.15, 0.2) is 0 Å². The van der Waals surface area contributed by atoms with Gasteiger partial charge in [-0.05, 0) is 114 Å². The summed E-state index contributed by atoms with van der Waals surface area (Å²) < 4.78 is 12.9. The lowest BCUT2D eigenvalue weighted by molar-refractivity contribution is 0.00578. The van der Waals surface area contributed by atoms with E-state index in [1.807, 2.05) is 0 Å². The molecule has 0 amide bonds. The molecule has 0 radical (unpaired) electrons. The van der Waals surface area contributed by atoms with Crippen molar-refractivity contribution in [3.8, 4) is 33.4 Å². The van der Waals surface area contributed by atoms with E-state index >= 15 is 0 Å². The zero-order valence-electron chi connectivity index (χ0n) is 22.1. The van der Waals surface area contributed by atoms with Gasteiger partial charge in [0.1, 0.15) is 0 Å². The van der Waals surface area contributed by atoms with E-state index in [4.69, 9.17) is 9.31 Å². The van der Waals surface area contributed by atoms with Crippen LogP contribution in [0.2, 0.25) is 0 Å². The average molecular weight is 484 g/mol. The van der Waals surface area contributed by atoms with Gasteiger partial charge in [0.05, 0.1) is 11.2 Å². The first-order chi connectivity index (χ1) is 17.8. The molecular formula is C34H33BO2.